The van der Waals surface area contributed by atoms with E-state index in [1.54, 1.807) is 11.5 Å². The molecule has 0 aliphatic rings. The summed E-state index contributed by atoms with van der Waals surface area (Å²) in [4.78, 5) is 3.83. The average molecular weight is 247 g/mol. The van der Waals surface area contributed by atoms with Crippen LogP contribution in [0.2, 0.25) is 0 Å². The van der Waals surface area contributed by atoms with Gasteiger partial charge in [0.1, 0.15) is 0 Å². The molecule has 1 atom stereocenters. The molecule has 1 rings (SSSR count). The van der Waals surface area contributed by atoms with Crippen molar-refractivity contribution in [3.63, 3.8) is 0 Å². The number of nitrogens with zero attached hydrogens (tertiary/aromatic N) is 2. The Kier molecular flexibility index (Phi) is 4.45. The highest BCUT2D eigenvalue weighted by Crippen LogP contribution is 2.04. The Bertz CT molecular complexity index is 427. The molecule has 1 unspecified atom stereocenters. The first-order valence-corrected chi connectivity index (χ1v) is 6.52. The minimum atomic E-state index is -3.52. The van der Waals surface area contributed by atoms with Gasteiger partial charge in [-0.2, -0.15) is 0 Å². The fraction of sp³-hybridized carbons (Fsp3) is 0.667. The van der Waals surface area contributed by atoms with E-state index in [9.17, 15) is 8.42 Å². The van der Waals surface area contributed by atoms with Gasteiger partial charge in [0.05, 0.1) is 12.4 Å². The molecule has 0 amide bonds. The van der Waals surface area contributed by atoms with E-state index in [1.807, 2.05) is 6.92 Å². The predicted molar refractivity (Wildman–Crippen MR) is 59.6 cm³/mol. The van der Waals surface area contributed by atoms with Crippen LogP contribution in [-0.2, 0) is 21.3 Å². The van der Waals surface area contributed by atoms with Crippen LogP contribution in [0.1, 0.15) is 13.8 Å². The summed E-state index contributed by atoms with van der Waals surface area (Å²) in [6.07, 6.45) is 2.83. The largest absolute Gasteiger partial charge is 0.380 e. The standard InChI is InChI=1S/C9H17N3O3S/c1-4-12-6-9(10-7-12)16(13,14)11-5-8(2)15-3/h6-8,11H,4-5H2,1-3H3. The fourth-order valence-corrected chi connectivity index (χ4v) is 2.10. The molecular weight excluding hydrogens is 230 g/mol. The van der Waals surface area contributed by atoms with Gasteiger partial charge in [0.25, 0.3) is 10.0 Å². The molecular formula is C9H17N3O3S. The van der Waals surface area contributed by atoms with Gasteiger partial charge in [0.2, 0.25) is 0 Å². The SMILES string of the molecule is CCn1cnc(S(=O)(=O)NCC(C)OC)c1. The number of nitrogens with one attached hydrogen (secondary N) is 1. The summed E-state index contributed by atoms with van der Waals surface area (Å²) in [6, 6.07) is 0. The molecule has 16 heavy (non-hydrogen) atoms. The van der Waals surface area contributed by atoms with Crippen LogP contribution in [0, 0.1) is 0 Å². The van der Waals surface area contributed by atoms with Gasteiger partial charge in [-0.05, 0) is 13.8 Å². The number of hydrogen-bond donors (Lipinski definition) is 1. The van der Waals surface area contributed by atoms with Crippen molar-refractivity contribution < 1.29 is 13.2 Å². The van der Waals surface area contributed by atoms with Gasteiger partial charge in [0, 0.05) is 26.4 Å². The normalized spacial score (nSPS) is 13.9. The van der Waals surface area contributed by atoms with Gasteiger partial charge >= 0.3 is 0 Å². The molecule has 6 nitrogen and oxygen atoms in total. The Hall–Kier alpha value is -0.920. The van der Waals surface area contributed by atoms with Crippen molar-refractivity contribution in [1.29, 1.82) is 0 Å². The van der Waals surface area contributed by atoms with Gasteiger partial charge in [-0.1, -0.05) is 0 Å². The third-order valence-electron chi connectivity index (χ3n) is 2.21. The molecule has 0 radical (unpaired) electrons. The van der Waals surface area contributed by atoms with E-state index in [0.717, 1.165) is 0 Å². The smallest absolute Gasteiger partial charge is 0.259 e. The van der Waals surface area contributed by atoms with E-state index in [1.165, 1.54) is 19.6 Å². The maximum atomic E-state index is 11.7. The lowest BCUT2D eigenvalue weighted by atomic mass is 10.4. The lowest BCUT2D eigenvalue weighted by molar-refractivity contribution is 0.122. The van der Waals surface area contributed by atoms with Crippen molar-refractivity contribution in [3.8, 4) is 0 Å². The molecule has 1 aromatic heterocycles. The van der Waals surface area contributed by atoms with E-state index in [0.29, 0.717) is 6.54 Å². The Labute approximate surface area is 95.7 Å². The lowest BCUT2D eigenvalue weighted by Gasteiger charge is -2.09. The van der Waals surface area contributed by atoms with Crippen LogP contribution in [0.15, 0.2) is 17.6 Å². The van der Waals surface area contributed by atoms with Crippen molar-refractivity contribution in [1.82, 2.24) is 14.3 Å². The fourth-order valence-electron chi connectivity index (χ4n) is 1.04. The second-order valence-electron chi connectivity index (χ2n) is 3.44. The van der Waals surface area contributed by atoms with Crippen LogP contribution >= 0.6 is 0 Å². The molecule has 0 fully saturated rings. The highest BCUT2D eigenvalue weighted by Gasteiger charge is 2.17. The zero-order valence-electron chi connectivity index (χ0n) is 9.67. The molecule has 0 aromatic carbocycles. The number of aryl methyl sites for hydroxylation is 1. The average Bonchev–Trinajstić information content (AvgIpc) is 2.75. The Morgan fingerprint density at radius 1 is 1.62 bits per heavy atom. The quantitative estimate of drug-likeness (QED) is 0.780. The molecule has 0 aliphatic carbocycles. The summed E-state index contributed by atoms with van der Waals surface area (Å²) in [5, 5.41) is 0.0395. The summed E-state index contributed by atoms with van der Waals surface area (Å²) in [7, 11) is -1.98. The first-order valence-electron chi connectivity index (χ1n) is 5.03. The van der Waals surface area contributed by atoms with Crippen molar-refractivity contribution in [2.24, 2.45) is 0 Å². The topological polar surface area (TPSA) is 73.2 Å². The molecule has 1 N–H and O–H groups in total. The highest BCUT2D eigenvalue weighted by molar-refractivity contribution is 7.89. The van der Waals surface area contributed by atoms with Crippen LogP contribution < -0.4 is 4.72 Å². The zero-order chi connectivity index (χ0) is 12.2. The van der Waals surface area contributed by atoms with Crippen LogP contribution in [-0.4, -0.2) is 37.7 Å². The third-order valence-corrected chi connectivity index (χ3v) is 3.52. The van der Waals surface area contributed by atoms with Crippen LogP contribution in [0.25, 0.3) is 0 Å². The monoisotopic (exact) mass is 247 g/mol. The summed E-state index contributed by atoms with van der Waals surface area (Å²) in [5.74, 6) is 0. The first-order chi connectivity index (χ1) is 7.49. The Morgan fingerprint density at radius 3 is 2.81 bits per heavy atom. The first kappa shape index (κ1) is 13.1. The van der Waals surface area contributed by atoms with Crippen molar-refractivity contribution in [2.75, 3.05) is 13.7 Å². The molecule has 1 heterocycles. The number of hydrogen-bond acceptors (Lipinski definition) is 4. The number of aromatic nitrogens is 2. The van der Waals surface area contributed by atoms with Crippen LogP contribution in [0.5, 0.6) is 0 Å². The van der Waals surface area contributed by atoms with E-state index in [4.69, 9.17) is 4.74 Å². The second-order valence-corrected chi connectivity index (χ2v) is 5.15. The number of methoxy groups -OCH3 is 1. The molecule has 0 bridgehead atoms. The molecule has 0 spiro atoms. The highest BCUT2D eigenvalue weighted by atomic mass is 32.2. The van der Waals surface area contributed by atoms with Crippen molar-refractivity contribution in [2.45, 2.75) is 31.5 Å². The van der Waals surface area contributed by atoms with Gasteiger partial charge in [0.15, 0.2) is 5.03 Å². The van der Waals surface area contributed by atoms with Crippen molar-refractivity contribution >= 4 is 10.0 Å². The third kappa shape index (κ3) is 3.29. The maximum Gasteiger partial charge on any atom is 0.259 e. The van der Waals surface area contributed by atoms with E-state index >= 15 is 0 Å². The molecule has 7 heteroatoms. The minimum Gasteiger partial charge on any atom is -0.380 e. The minimum absolute atomic E-state index is 0.0395. The van der Waals surface area contributed by atoms with Crippen LogP contribution in [0.3, 0.4) is 0 Å². The summed E-state index contributed by atoms with van der Waals surface area (Å²) in [6.45, 7) is 4.63. The van der Waals surface area contributed by atoms with Crippen molar-refractivity contribution in [3.05, 3.63) is 12.5 Å². The number of sulfonamides is 1. The number of imidazole rings is 1. The van der Waals surface area contributed by atoms with Gasteiger partial charge in [-0.15, -0.1) is 0 Å². The van der Waals surface area contributed by atoms with E-state index < -0.39 is 10.0 Å². The molecule has 1 aromatic rings. The molecule has 0 aliphatic heterocycles. The lowest BCUT2D eigenvalue weighted by Crippen LogP contribution is -2.31. The Morgan fingerprint density at radius 2 is 2.31 bits per heavy atom. The molecule has 0 saturated carbocycles. The summed E-state index contributed by atoms with van der Waals surface area (Å²) in [5.41, 5.74) is 0. The molecule has 92 valence electrons. The van der Waals surface area contributed by atoms with Gasteiger partial charge in [-0.25, -0.2) is 18.1 Å². The number of ether oxygens (including phenoxy) is 1. The predicted octanol–water partition coefficient (Wildman–Crippen LogP) is 0.216. The second kappa shape index (κ2) is 5.42. The zero-order valence-corrected chi connectivity index (χ0v) is 10.5. The summed E-state index contributed by atoms with van der Waals surface area (Å²) < 4.78 is 32.6. The van der Waals surface area contributed by atoms with Gasteiger partial charge in [-0.3, -0.25) is 0 Å². The maximum absolute atomic E-state index is 11.7. The number of rotatable bonds is 6. The summed E-state index contributed by atoms with van der Waals surface area (Å²) >= 11 is 0. The Balaban J connectivity index is 2.70. The van der Waals surface area contributed by atoms with Crippen LogP contribution in [0.4, 0.5) is 0 Å². The molecule has 0 saturated heterocycles. The van der Waals surface area contributed by atoms with E-state index in [-0.39, 0.29) is 17.7 Å². The van der Waals surface area contributed by atoms with E-state index in [2.05, 4.69) is 9.71 Å². The van der Waals surface area contributed by atoms with Gasteiger partial charge < -0.3 is 9.30 Å².